The maximum atomic E-state index is 11.8. The molecular formula is C11H24N4O3S. The van der Waals surface area contributed by atoms with Crippen molar-refractivity contribution in [1.82, 2.24) is 18.8 Å². The fourth-order valence-corrected chi connectivity index (χ4v) is 2.11. The summed E-state index contributed by atoms with van der Waals surface area (Å²) < 4.78 is 26.2. The van der Waals surface area contributed by atoms with Crippen molar-refractivity contribution in [3.05, 3.63) is 0 Å². The normalized spacial score (nSPS) is 16.1. The summed E-state index contributed by atoms with van der Waals surface area (Å²) in [4.78, 5) is 15.6. The first kappa shape index (κ1) is 16.4. The zero-order valence-electron chi connectivity index (χ0n) is 12.1. The highest BCUT2D eigenvalue weighted by molar-refractivity contribution is 7.87. The molecule has 1 aliphatic rings. The van der Waals surface area contributed by atoms with Crippen molar-refractivity contribution in [3.8, 4) is 0 Å². The van der Waals surface area contributed by atoms with Crippen LogP contribution in [0.2, 0.25) is 0 Å². The first-order valence-corrected chi connectivity index (χ1v) is 7.79. The predicted octanol–water partition coefficient (Wildman–Crippen LogP) is -1.06. The van der Waals surface area contributed by atoms with E-state index in [1.165, 1.54) is 26.9 Å². The van der Waals surface area contributed by atoms with Gasteiger partial charge in [-0.3, -0.25) is 4.79 Å². The smallest absolute Gasteiger partial charge is 0.279 e. The first-order chi connectivity index (χ1) is 8.74. The molecule has 0 bridgehead atoms. The van der Waals surface area contributed by atoms with Gasteiger partial charge in [-0.15, -0.1) is 0 Å². The van der Waals surface area contributed by atoms with E-state index in [1.807, 2.05) is 7.05 Å². The molecule has 1 amide bonds. The molecule has 19 heavy (non-hydrogen) atoms. The van der Waals surface area contributed by atoms with E-state index in [4.69, 9.17) is 0 Å². The van der Waals surface area contributed by atoms with Gasteiger partial charge in [0.25, 0.3) is 10.2 Å². The summed E-state index contributed by atoms with van der Waals surface area (Å²) in [5, 5.41) is 0. The second-order valence-corrected chi connectivity index (χ2v) is 7.10. The summed E-state index contributed by atoms with van der Waals surface area (Å²) in [7, 11) is 3.03. The van der Waals surface area contributed by atoms with Crippen molar-refractivity contribution in [2.45, 2.75) is 18.9 Å². The molecular weight excluding hydrogens is 268 g/mol. The monoisotopic (exact) mass is 292 g/mol. The standard InChI is InChI=1S/C11H24N4O3S/c1-13(2)19(17,18)12-9-11(16)15(4)8-7-14(3)10-5-6-10/h10,12H,5-9H2,1-4H3. The number of carbonyl (C=O) groups excluding carboxylic acids is 1. The van der Waals surface area contributed by atoms with Gasteiger partial charge in [-0.1, -0.05) is 0 Å². The van der Waals surface area contributed by atoms with Gasteiger partial charge >= 0.3 is 0 Å². The van der Waals surface area contributed by atoms with Crippen molar-refractivity contribution in [1.29, 1.82) is 0 Å². The number of carbonyl (C=O) groups is 1. The van der Waals surface area contributed by atoms with Crippen LogP contribution in [-0.2, 0) is 15.0 Å². The molecule has 0 spiro atoms. The molecule has 7 nitrogen and oxygen atoms in total. The van der Waals surface area contributed by atoms with Gasteiger partial charge in [-0.25, -0.2) is 0 Å². The average molecular weight is 292 g/mol. The molecule has 1 aliphatic carbocycles. The Labute approximate surface area is 115 Å². The van der Waals surface area contributed by atoms with E-state index < -0.39 is 10.2 Å². The Bertz CT molecular complexity index is 406. The zero-order valence-corrected chi connectivity index (χ0v) is 12.9. The second-order valence-electron chi connectivity index (χ2n) is 5.14. The van der Waals surface area contributed by atoms with Crippen molar-refractivity contribution >= 4 is 16.1 Å². The fraction of sp³-hybridized carbons (Fsp3) is 0.909. The molecule has 0 atom stereocenters. The second kappa shape index (κ2) is 6.65. The van der Waals surface area contributed by atoms with Crippen LogP contribution in [-0.4, -0.2) is 82.3 Å². The van der Waals surface area contributed by atoms with Crippen LogP contribution in [0, 0.1) is 0 Å². The Morgan fingerprint density at radius 1 is 1.16 bits per heavy atom. The SMILES string of the molecule is CN(CCN(C)C1CC1)C(=O)CNS(=O)(=O)N(C)C. The van der Waals surface area contributed by atoms with Crippen LogP contribution in [0.5, 0.6) is 0 Å². The lowest BCUT2D eigenvalue weighted by Crippen LogP contribution is -2.44. The van der Waals surface area contributed by atoms with Crippen LogP contribution in [0.15, 0.2) is 0 Å². The molecule has 0 aromatic heterocycles. The molecule has 1 fully saturated rings. The lowest BCUT2D eigenvalue weighted by molar-refractivity contribution is -0.128. The van der Waals surface area contributed by atoms with Crippen LogP contribution >= 0.6 is 0 Å². The van der Waals surface area contributed by atoms with Crippen LogP contribution in [0.3, 0.4) is 0 Å². The van der Waals surface area contributed by atoms with Gasteiger partial charge in [0.15, 0.2) is 0 Å². The Balaban J connectivity index is 2.28. The van der Waals surface area contributed by atoms with E-state index in [2.05, 4.69) is 9.62 Å². The van der Waals surface area contributed by atoms with Crippen LogP contribution < -0.4 is 4.72 Å². The quantitative estimate of drug-likeness (QED) is 0.619. The fourth-order valence-electron chi connectivity index (χ4n) is 1.55. The van der Waals surface area contributed by atoms with Gasteiger partial charge < -0.3 is 9.80 Å². The minimum absolute atomic E-state index is 0.204. The first-order valence-electron chi connectivity index (χ1n) is 6.35. The third-order valence-corrected chi connectivity index (χ3v) is 4.74. The third-order valence-electron chi connectivity index (χ3n) is 3.27. The summed E-state index contributed by atoms with van der Waals surface area (Å²) in [6, 6.07) is 0.663. The van der Waals surface area contributed by atoms with E-state index in [0.717, 1.165) is 10.8 Å². The molecule has 1 rings (SSSR count). The minimum atomic E-state index is -3.54. The molecule has 0 aromatic carbocycles. The molecule has 1 N–H and O–H groups in total. The Hall–Kier alpha value is -0.700. The summed E-state index contributed by atoms with van der Waals surface area (Å²) in [5.41, 5.74) is 0. The van der Waals surface area contributed by atoms with E-state index in [1.54, 1.807) is 11.9 Å². The topological polar surface area (TPSA) is 73.0 Å². The predicted molar refractivity (Wildman–Crippen MR) is 73.9 cm³/mol. The van der Waals surface area contributed by atoms with E-state index in [0.29, 0.717) is 12.6 Å². The molecule has 0 heterocycles. The number of hydrogen-bond acceptors (Lipinski definition) is 4. The highest BCUT2D eigenvalue weighted by Gasteiger charge is 2.26. The maximum absolute atomic E-state index is 11.8. The molecule has 0 aromatic rings. The Morgan fingerprint density at radius 3 is 2.21 bits per heavy atom. The van der Waals surface area contributed by atoms with E-state index in [-0.39, 0.29) is 12.5 Å². The summed E-state index contributed by atoms with van der Waals surface area (Å²) in [6.45, 7) is 1.22. The summed E-state index contributed by atoms with van der Waals surface area (Å²) >= 11 is 0. The molecule has 0 aliphatic heterocycles. The van der Waals surface area contributed by atoms with Crippen molar-refractivity contribution in [2.24, 2.45) is 0 Å². The van der Waals surface area contributed by atoms with Crippen molar-refractivity contribution in [2.75, 3.05) is 47.8 Å². The van der Waals surface area contributed by atoms with Gasteiger partial charge in [0, 0.05) is 40.3 Å². The van der Waals surface area contributed by atoms with Gasteiger partial charge in [0.1, 0.15) is 0 Å². The van der Waals surface area contributed by atoms with Gasteiger partial charge in [-0.2, -0.15) is 17.4 Å². The third kappa shape index (κ3) is 5.43. The highest BCUT2D eigenvalue weighted by Crippen LogP contribution is 2.24. The van der Waals surface area contributed by atoms with Crippen molar-refractivity contribution in [3.63, 3.8) is 0 Å². The number of rotatable bonds is 8. The van der Waals surface area contributed by atoms with Crippen molar-refractivity contribution < 1.29 is 13.2 Å². The lowest BCUT2D eigenvalue weighted by Gasteiger charge is -2.22. The molecule has 0 saturated heterocycles. The molecule has 0 unspecified atom stereocenters. The molecule has 8 heteroatoms. The summed E-state index contributed by atoms with van der Waals surface area (Å²) in [5.74, 6) is -0.227. The highest BCUT2D eigenvalue weighted by atomic mass is 32.2. The minimum Gasteiger partial charge on any atom is -0.343 e. The van der Waals surface area contributed by atoms with Gasteiger partial charge in [0.2, 0.25) is 5.91 Å². The van der Waals surface area contributed by atoms with E-state index >= 15 is 0 Å². The van der Waals surface area contributed by atoms with Gasteiger partial charge in [0.05, 0.1) is 6.54 Å². The van der Waals surface area contributed by atoms with Gasteiger partial charge in [-0.05, 0) is 19.9 Å². The number of nitrogens with one attached hydrogen (secondary N) is 1. The molecule has 112 valence electrons. The summed E-state index contributed by atoms with van der Waals surface area (Å²) in [6.07, 6.45) is 2.47. The number of hydrogen-bond donors (Lipinski definition) is 1. The van der Waals surface area contributed by atoms with Crippen LogP contribution in [0.4, 0.5) is 0 Å². The lowest BCUT2D eigenvalue weighted by atomic mass is 10.4. The Morgan fingerprint density at radius 2 is 1.74 bits per heavy atom. The molecule has 0 radical (unpaired) electrons. The Kier molecular flexibility index (Phi) is 5.72. The maximum Gasteiger partial charge on any atom is 0.279 e. The van der Waals surface area contributed by atoms with Crippen LogP contribution in [0.25, 0.3) is 0 Å². The molecule has 1 saturated carbocycles. The number of amides is 1. The number of nitrogens with zero attached hydrogens (tertiary/aromatic N) is 3. The van der Waals surface area contributed by atoms with Crippen LogP contribution in [0.1, 0.15) is 12.8 Å². The zero-order chi connectivity index (χ0) is 14.6. The average Bonchev–Trinajstić information content (AvgIpc) is 3.16. The largest absolute Gasteiger partial charge is 0.343 e. The number of likely N-dealkylation sites (N-methyl/N-ethyl adjacent to an activating group) is 2. The van der Waals surface area contributed by atoms with E-state index in [9.17, 15) is 13.2 Å².